The quantitative estimate of drug-likeness (QED) is 0.484. The standard InChI is InChI=1S/C23H30ClN3O3/c1-17(2)14-20(28)4-3-5-23(29)27-8-6-18(7-9-27)19-15-21(24)25-22(16-19)26-10-12-30-13-11-26/h6,14-16H,3-5,7-13H2,1-2H3. The van der Waals surface area contributed by atoms with E-state index in [9.17, 15) is 9.59 Å². The van der Waals surface area contributed by atoms with Crippen molar-refractivity contribution < 1.29 is 14.3 Å². The first kappa shape index (κ1) is 22.5. The van der Waals surface area contributed by atoms with Crippen LogP contribution in [0, 0.1) is 0 Å². The second kappa shape index (κ2) is 10.7. The van der Waals surface area contributed by atoms with Gasteiger partial charge in [0.25, 0.3) is 0 Å². The minimum atomic E-state index is 0.0919. The smallest absolute Gasteiger partial charge is 0.222 e. The number of ether oxygens (including phenoxy) is 1. The monoisotopic (exact) mass is 431 g/mol. The van der Waals surface area contributed by atoms with E-state index in [1.54, 1.807) is 6.08 Å². The van der Waals surface area contributed by atoms with Crippen LogP contribution < -0.4 is 4.90 Å². The van der Waals surface area contributed by atoms with Crippen molar-refractivity contribution in [3.63, 3.8) is 0 Å². The minimum Gasteiger partial charge on any atom is -0.378 e. The topological polar surface area (TPSA) is 62.7 Å². The van der Waals surface area contributed by atoms with Crippen LogP contribution in [0.15, 0.2) is 29.9 Å². The van der Waals surface area contributed by atoms with E-state index in [2.05, 4.69) is 22.0 Å². The van der Waals surface area contributed by atoms with E-state index in [0.29, 0.717) is 50.7 Å². The number of morpholine rings is 1. The lowest BCUT2D eigenvalue weighted by atomic mass is 9.99. The van der Waals surface area contributed by atoms with Crippen molar-refractivity contribution >= 4 is 34.7 Å². The third-order valence-electron chi connectivity index (χ3n) is 5.31. The van der Waals surface area contributed by atoms with Crippen LogP contribution in [0.4, 0.5) is 5.82 Å². The second-order valence-electron chi connectivity index (χ2n) is 8.00. The molecule has 1 aromatic rings. The lowest BCUT2D eigenvalue weighted by Gasteiger charge is -2.29. The van der Waals surface area contributed by atoms with Crippen molar-refractivity contribution in [3.05, 3.63) is 40.6 Å². The maximum atomic E-state index is 12.5. The molecule has 30 heavy (non-hydrogen) atoms. The van der Waals surface area contributed by atoms with Gasteiger partial charge in [0, 0.05) is 39.0 Å². The summed E-state index contributed by atoms with van der Waals surface area (Å²) < 4.78 is 5.42. The van der Waals surface area contributed by atoms with Crippen molar-refractivity contribution in [2.24, 2.45) is 0 Å². The molecule has 1 aromatic heterocycles. The average Bonchev–Trinajstić information content (AvgIpc) is 2.73. The van der Waals surface area contributed by atoms with Crippen molar-refractivity contribution in [1.82, 2.24) is 9.88 Å². The van der Waals surface area contributed by atoms with Gasteiger partial charge >= 0.3 is 0 Å². The molecule has 2 aliphatic heterocycles. The van der Waals surface area contributed by atoms with Gasteiger partial charge in [-0.3, -0.25) is 9.59 Å². The molecule has 1 amide bonds. The Bertz CT molecular complexity index is 840. The fourth-order valence-electron chi connectivity index (χ4n) is 3.75. The molecule has 0 atom stereocenters. The number of allylic oxidation sites excluding steroid dienone is 2. The summed E-state index contributed by atoms with van der Waals surface area (Å²) in [5.74, 6) is 1.08. The number of hydrogen-bond donors (Lipinski definition) is 0. The van der Waals surface area contributed by atoms with Crippen molar-refractivity contribution in [3.8, 4) is 0 Å². The molecular formula is C23H30ClN3O3. The zero-order valence-corrected chi connectivity index (χ0v) is 18.6. The summed E-state index contributed by atoms with van der Waals surface area (Å²) in [6.45, 7) is 8.09. The van der Waals surface area contributed by atoms with E-state index in [1.807, 2.05) is 24.8 Å². The molecule has 0 aromatic carbocycles. The Balaban J connectivity index is 1.56. The molecule has 3 rings (SSSR count). The van der Waals surface area contributed by atoms with Crippen LogP contribution in [-0.4, -0.2) is 61.0 Å². The number of carbonyl (C=O) groups excluding carboxylic acids is 2. The van der Waals surface area contributed by atoms with E-state index in [-0.39, 0.29) is 11.7 Å². The SMILES string of the molecule is CC(C)=CC(=O)CCCC(=O)N1CC=C(c2cc(Cl)nc(N3CCOCC3)c2)CC1. The maximum absolute atomic E-state index is 12.5. The van der Waals surface area contributed by atoms with E-state index < -0.39 is 0 Å². The third-order valence-corrected chi connectivity index (χ3v) is 5.51. The number of ketones is 1. The van der Waals surface area contributed by atoms with Crippen LogP contribution in [0.1, 0.15) is 45.1 Å². The van der Waals surface area contributed by atoms with Crippen molar-refractivity contribution in [1.29, 1.82) is 0 Å². The Morgan fingerprint density at radius 3 is 2.60 bits per heavy atom. The van der Waals surface area contributed by atoms with Crippen molar-refractivity contribution in [2.75, 3.05) is 44.3 Å². The Labute approximate surface area is 183 Å². The van der Waals surface area contributed by atoms with Gasteiger partial charge in [-0.05, 0) is 56.0 Å². The predicted molar refractivity (Wildman–Crippen MR) is 120 cm³/mol. The minimum absolute atomic E-state index is 0.0919. The number of carbonyl (C=O) groups is 2. The van der Waals surface area contributed by atoms with E-state index in [1.165, 1.54) is 5.57 Å². The molecule has 1 fully saturated rings. The number of pyridine rings is 1. The van der Waals surface area contributed by atoms with Gasteiger partial charge in [-0.15, -0.1) is 0 Å². The summed E-state index contributed by atoms with van der Waals surface area (Å²) in [6, 6.07) is 3.97. The number of amides is 1. The molecule has 2 aliphatic rings. The Morgan fingerprint density at radius 2 is 1.93 bits per heavy atom. The predicted octanol–water partition coefficient (Wildman–Crippen LogP) is 3.89. The molecule has 0 unspecified atom stereocenters. The summed E-state index contributed by atoms with van der Waals surface area (Å²) in [6.07, 6.45) is 5.96. The molecule has 0 radical (unpaired) electrons. The summed E-state index contributed by atoms with van der Waals surface area (Å²) in [5.41, 5.74) is 3.25. The van der Waals surface area contributed by atoms with Crippen LogP contribution in [0.2, 0.25) is 5.15 Å². The highest BCUT2D eigenvalue weighted by Crippen LogP contribution is 2.28. The largest absolute Gasteiger partial charge is 0.378 e. The van der Waals surface area contributed by atoms with Gasteiger partial charge < -0.3 is 14.5 Å². The van der Waals surface area contributed by atoms with Crippen LogP contribution in [0.25, 0.3) is 5.57 Å². The number of anilines is 1. The maximum Gasteiger partial charge on any atom is 0.222 e. The lowest BCUT2D eigenvalue weighted by molar-refractivity contribution is -0.130. The molecule has 1 saturated heterocycles. The van der Waals surface area contributed by atoms with Gasteiger partial charge in [-0.25, -0.2) is 4.98 Å². The van der Waals surface area contributed by atoms with Crippen molar-refractivity contribution in [2.45, 2.75) is 39.5 Å². The second-order valence-corrected chi connectivity index (χ2v) is 8.38. The van der Waals surface area contributed by atoms with Gasteiger partial charge in [0.2, 0.25) is 5.91 Å². The molecule has 0 saturated carbocycles. The average molecular weight is 432 g/mol. The first-order valence-electron chi connectivity index (χ1n) is 10.6. The summed E-state index contributed by atoms with van der Waals surface area (Å²) in [4.78, 5) is 32.7. The van der Waals surface area contributed by atoms with E-state index in [0.717, 1.165) is 36.5 Å². The third kappa shape index (κ3) is 6.41. The highest BCUT2D eigenvalue weighted by Gasteiger charge is 2.20. The zero-order valence-electron chi connectivity index (χ0n) is 17.8. The van der Waals surface area contributed by atoms with Crippen LogP contribution >= 0.6 is 11.6 Å². The molecule has 6 nitrogen and oxygen atoms in total. The lowest BCUT2D eigenvalue weighted by Crippen LogP contribution is -2.37. The number of aromatic nitrogens is 1. The van der Waals surface area contributed by atoms with Gasteiger partial charge in [0.1, 0.15) is 11.0 Å². The van der Waals surface area contributed by atoms with Gasteiger partial charge in [0.15, 0.2) is 5.78 Å². The number of halogens is 1. The molecule has 0 bridgehead atoms. The molecular weight excluding hydrogens is 402 g/mol. The Hall–Kier alpha value is -2.18. The number of rotatable bonds is 7. The molecule has 3 heterocycles. The summed E-state index contributed by atoms with van der Waals surface area (Å²) >= 11 is 6.29. The number of hydrogen-bond acceptors (Lipinski definition) is 5. The molecule has 7 heteroatoms. The van der Waals surface area contributed by atoms with Gasteiger partial charge in [0.05, 0.1) is 13.2 Å². The summed E-state index contributed by atoms with van der Waals surface area (Å²) in [5, 5.41) is 0.481. The van der Waals surface area contributed by atoms with Gasteiger partial charge in [-0.2, -0.15) is 0 Å². The van der Waals surface area contributed by atoms with E-state index >= 15 is 0 Å². The molecule has 162 valence electrons. The van der Waals surface area contributed by atoms with Crippen LogP contribution in [0.5, 0.6) is 0 Å². The zero-order chi connectivity index (χ0) is 21.5. The Kier molecular flexibility index (Phi) is 8.05. The first-order chi connectivity index (χ1) is 14.4. The highest BCUT2D eigenvalue weighted by molar-refractivity contribution is 6.29. The van der Waals surface area contributed by atoms with Crippen LogP contribution in [0.3, 0.4) is 0 Å². The normalized spacial score (nSPS) is 16.8. The highest BCUT2D eigenvalue weighted by atomic mass is 35.5. The van der Waals surface area contributed by atoms with E-state index in [4.69, 9.17) is 16.3 Å². The summed E-state index contributed by atoms with van der Waals surface area (Å²) in [7, 11) is 0. The fourth-order valence-corrected chi connectivity index (χ4v) is 3.95. The molecule has 0 aliphatic carbocycles. The van der Waals surface area contributed by atoms with Crippen LogP contribution in [-0.2, 0) is 14.3 Å². The fraction of sp³-hybridized carbons (Fsp3) is 0.522. The Morgan fingerprint density at radius 1 is 1.17 bits per heavy atom. The first-order valence-corrected chi connectivity index (χ1v) is 11.0. The molecule has 0 spiro atoms. The molecule has 0 N–H and O–H groups in total. The number of nitrogens with zero attached hydrogens (tertiary/aromatic N) is 3. The van der Waals surface area contributed by atoms with Gasteiger partial charge in [-0.1, -0.05) is 23.3 Å².